The molecule has 5 amide bonds. The first kappa shape index (κ1) is 65.7. The molecule has 3 heterocycles. The van der Waals surface area contributed by atoms with Crippen molar-refractivity contribution >= 4 is 89.0 Å². The highest BCUT2D eigenvalue weighted by atomic mass is 32.2. The third kappa shape index (κ3) is 15.0. The summed E-state index contributed by atoms with van der Waals surface area (Å²) in [7, 11) is 4.83. The van der Waals surface area contributed by atoms with Crippen molar-refractivity contribution in [3.05, 3.63) is 116 Å². The van der Waals surface area contributed by atoms with Gasteiger partial charge in [-0.3, -0.25) is 28.8 Å². The summed E-state index contributed by atoms with van der Waals surface area (Å²) in [5.41, 5.74) is -2.26. The van der Waals surface area contributed by atoms with Crippen LogP contribution in [0.25, 0.3) is 11.0 Å². The van der Waals surface area contributed by atoms with Gasteiger partial charge in [-0.05, 0) is 80.8 Å². The van der Waals surface area contributed by atoms with Crippen LogP contribution in [-0.4, -0.2) is 180 Å². The normalized spacial score (nSPS) is 15.5. The number of carboxylic acid groups (broad SMARTS) is 1. The average molecular weight is 1260 g/mol. The molecule has 0 radical (unpaired) electrons. The molecule has 1 aromatic heterocycles. The van der Waals surface area contributed by atoms with E-state index in [1.54, 1.807) is 13.8 Å². The van der Waals surface area contributed by atoms with E-state index >= 15 is 4.79 Å². The van der Waals surface area contributed by atoms with Crippen LogP contribution in [0.1, 0.15) is 59.0 Å². The van der Waals surface area contributed by atoms with Crippen LogP contribution in [0.2, 0.25) is 0 Å². The number of nitrogens with one attached hydrogen (secondary N) is 2. The van der Waals surface area contributed by atoms with Gasteiger partial charge in [-0.1, -0.05) is 30.3 Å². The Kier molecular flexibility index (Phi) is 21.1. The van der Waals surface area contributed by atoms with Gasteiger partial charge in [0.15, 0.2) is 34.3 Å². The number of nitrogens with zero attached hydrogens (tertiary/aromatic N) is 4. The minimum Gasteiger partial charge on any atom is -0.508 e. The SMILES string of the molecule is COC(=O)Oc1cccc(C(=O)N(CCCN(CC(=O)NC(C(=O)N[C@@H]2C(=O)N3[C@@H]2SC(C)(C)[C@@H]3C(=O)O)c2ccc(O)cc2)C(=O)c2cccc(OC(=O)OC)c2OC(=O)OC)CCCn2c(=O)oc3c(OC(=O)OC)cccc3c2=O)c1OC(=O)OC. The Labute approximate surface area is 506 Å². The zero-order valence-corrected chi connectivity index (χ0v) is 49.0. The minimum atomic E-state index is -1.69. The van der Waals surface area contributed by atoms with Crippen molar-refractivity contribution in [3.63, 3.8) is 0 Å². The molecule has 1 unspecified atom stereocenters. The highest BCUT2D eigenvalue weighted by molar-refractivity contribution is 8.01. The number of aromatic nitrogens is 1. The van der Waals surface area contributed by atoms with E-state index in [0.29, 0.717) is 4.57 Å². The van der Waals surface area contributed by atoms with E-state index in [9.17, 15) is 67.7 Å². The molecule has 2 aliphatic heterocycles. The maximum atomic E-state index is 15.1. The number of amides is 5. The first-order valence-electron chi connectivity index (χ1n) is 26.3. The first-order valence-corrected chi connectivity index (χ1v) is 27.2. The average Bonchev–Trinajstić information content (AvgIpc) is 1.62. The second kappa shape index (κ2) is 28.6. The van der Waals surface area contributed by atoms with Gasteiger partial charge in [0.1, 0.15) is 29.2 Å². The fraction of sp³-hybridized carbons (Fsp3) is 0.339. The van der Waals surface area contributed by atoms with Crippen LogP contribution in [0, 0.1) is 0 Å². The van der Waals surface area contributed by atoms with Crippen molar-refractivity contribution in [1.82, 2.24) is 29.9 Å². The molecule has 33 heteroatoms. The summed E-state index contributed by atoms with van der Waals surface area (Å²) in [4.78, 5) is 177. The largest absolute Gasteiger partial charge is 0.513 e. The Hall–Kier alpha value is -10.9. The highest BCUT2D eigenvalue weighted by Crippen LogP contribution is 2.51. The number of hydrogen-bond donors (Lipinski definition) is 4. The van der Waals surface area contributed by atoms with Gasteiger partial charge in [-0.2, -0.15) is 0 Å². The minimum absolute atomic E-state index is 0.0474. The number of phenolic OH excluding ortho intramolecular Hbond substituents is 1. The van der Waals surface area contributed by atoms with E-state index in [2.05, 4.69) is 34.3 Å². The van der Waals surface area contributed by atoms with Crippen molar-refractivity contribution in [1.29, 1.82) is 0 Å². The van der Waals surface area contributed by atoms with E-state index in [-0.39, 0.29) is 35.3 Å². The Morgan fingerprint density at radius 2 is 1.12 bits per heavy atom. The number of carbonyl (C=O) groups excluding carboxylic acids is 10. The molecule has 89 heavy (non-hydrogen) atoms. The summed E-state index contributed by atoms with van der Waals surface area (Å²) in [6, 6.07) is 11.6. The second-order valence-corrected chi connectivity index (χ2v) is 21.2. The van der Waals surface area contributed by atoms with Crippen LogP contribution in [0.5, 0.6) is 34.5 Å². The molecule has 0 spiro atoms. The molecule has 4 aromatic carbocycles. The maximum absolute atomic E-state index is 15.1. The van der Waals surface area contributed by atoms with E-state index in [1.165, 1.54) is 54.6 Å². The van der Waals surface area contributed by atoms with Crippen LogP contribution in [-0.2, 0) is 49.4 Å². The number of para-hydroxylation sites is 3. The van der Waals surface area contributed by atoms with Crippen LogP contribution >= 0.6 is 11.8 Å². The molecule has 2 saturated heterocycles. The summed E-state index contributed by atoms with van der Waals surface area (Å²) in [5.74, 6) is -10.4. The van der Waals surface area contributed by atoms with Crippen LogP contribution in [0.4, 0.5) is 24.0 Å². The van der Waals surface area contributed by atoms with Crippen molar-refractivity contribution < 1.29 is 115 Å². The third-order valence-corrected chi connectivity index (χ3v) is 15.0. The van der Waals surface area contributed by atoms with Crippen molar-refractivity contribution in [2.24, 2.45) is 0 Å². The third-order valence-electron chi connectivity index (χ3n) is 13.4. The Bertz CT molecular complexity index is 3740. The Balaban J connectivity index is 1.25. The number of thioether (sulfide) groups is 1. The number of fused-ring (bicyclic) bond motifs is 2. The van der Waals surface area contributed by atoms with Crippen molar-refractivity contribution in [2.75, 3.05) is 61.7 Å². The van der Waals surface area contributed by atoms with Gasteiger partial charge < -0.3 is 87.3 Å². The number of aromatic hydroxyl groups is 1. The van der Waals surface area contributed by atoms with E-state index in [1.807, 2.05) is 0 Å². The van der Waals surface area contributed by atoms with Gasteiger partial charge >= 0.3 is 42.5 Å². The van der Waals surface area contributed by atoms with Gasteiger partial charge in [-0.25, -0.2) is 38.1 Å². The molecule has 7 rings (SSSR count). The van der Waals surface area contributed by atoms with Crippen LogP contribution < -0.4 is 45.6 Å². The predicted octanol–water partition coefficient (Wildman–Crippen LogP) is 3.94. The number of β-lactam (4-membered cyclic amide) rings is 1. The number of methoxy groups -OCH3 is 5. The maximum Gasteiger partial charge on any atom is 0.513 e. The lowest BCUT2D eigenvalue weighted by molar-refractivity contribution is -0.161. The van der Waals surface area contributed by atoms with Crippen LogP contribution in [0.3, 0.4) is 0 Å². The summed E-state index contributed by atoms with van der Waals surface area (Å²) < 4.78 is 54.1. The van der Waals surface area contributed by atoms with Gasteiger partial charge in [0.2, 0.25) is 17.7 Å². The lowest BCUT2D eigenvalue weighted by Crippen LogP contribution is -2.71. The number of rotatable bonds is 22. The number of ether oxygens (including phenoxy) is 10. The van der Waals surface area contributed by atoms with E-state index < -0.39 is 178 Å². The Morgan fingerprint density at radius 1 is 0.640 bits per heavy atom. The fourth-order valence-corrected chi connectivity index (χ4v) is 11.0. The fourth-order valence-electron chi connectivity index (χ4n) is 9.33. The van der Waals surface area contributed by atoms with Gasteiger partial charge in [-0.15, -0.1) is 11.8 Å². The Morgan fingerprint density at radius 3 is 1.66 bits per heavy atom. The summed E-state index contributed by atoms with van der Waals surface area (Å²) in [5, 5.41) is 24.2. The molecule has 0 aliphatic carbocycles. The number of phenols is 1. The first-order chi connectivity index (χ1) is 42.4. The topological polar surface area (TPSA) is 407 Å². The lowest BCUT2D eigenvalue weighted by atomic mass is 9.95. The summed E-state index contributed by atoms with van der Waals surface area (Å²) >= 11 is 1.13. The number of carbonyl (C=O) groups is 11. The molecule has 32 nitrogen and oxygen atoms in total. The summed E-state index contributed by atoms with van der Waals surface area (Å²) in [6.07, 6.45) is -7.19. The number of benzene rings is 4. The monoisotopic (exact) mass is 1260 g/mol. The molecule has 4 N–H and O–H groups in total. The number of carboxylic acids is 1. The highest BCUT2D eigenvalue weighted by Gasteiger charge is 2.64. The molecule has 0 bridgehead atoms. The standard InChI is InChI=1S/C56H56N6O26S/c1-56(2)42(49(70)71)62-47(69)38(48(62)89-56)58-43(65)37(28-19-21-29(63)22-20-28)57-36(64)27-60(45(67)31-14-9-18-35(85-53(75)80-5)41(31)88-55(77)82-7)25-11-23-59(44(66)30-13-8-17-34(84-52(74)79-4)40(30)87-54(76)81-6)24-12-26-61-46(68)32-15-10-16-33(83-51(73)78-3)39(32)86-50(61)72/h8-10,13-22,37-38,42,48,63H,11-12,23-27H2,1-7H3,(H,57,64)(H,58,65)(H,70,71)/t37?,38-,42+,48-/m1/s1. The predicted molar refractivity (Wildman–Crippen MR) is 300 cm³/mol. The van der Waals surface area contributed by atoms with Crippen molar-refractivity contribution in [2.45, 2.75) is 61.5 Å². The van der Waals surface area contributed by atoms with Crippen molar-refractivity contribution in [3.8, 4) is 34.5 Å². The van der Waals surface area contributed by atoms with Gasteiger partial charge in [0.25, 0.3) is 17.4 Å². The lowest BCUT2D eigenvalue weighted by Gasteiger charge is -2.44. The molecule has 2 fully saturated rings. The molecular weight excluding hydrogens is 1200 g/mol. The number of aliphatic carboxylic acids is 1. The molecule has 472 valence electrons. The zero-order chi connectivity index (χ0) is 65.0. The number of hydrogen-bond acceptors (Lipinski definition) is 26. The van der Waals surface area contributed by atoms with Crippen LogP contribution in [0.15, 0.2) is 92.9 Å². The quantitative estimate of drug-likeness (QED) is 0.0330. The molecule has 4 atom stereocenters. The molecule has 5 aromatic rings. The summed E-state index contributed by atoms with van der Waals surface area (Å²) in [6.45, 7) is 0.400. The molecule has 2 aliphatic rings. The van der Waals surface area contributed by atoms with Gasteiger partial charge in [0, 0.05) is 30.9 Å². The van der Waals surface area contributed by atoms with Gasteiger partial charge in [0.05, 0.1) is 58.6 Å². The smallest absolute Gasteiger partial charge is 0.508 e. The molecular formula is C56H56N6O26S. The zero-order valence-electron chi connectivity index (χ0n) is 48.2. The molecule has 0 saturated carbocycles. The van der Waals surface area contributed by atoms with E-state index in [4.69, 9.17) is 28.1 Å². The van der Waals surface area contributed by atoms with E-state index in [0.717, 1.165) is 86.3 Å². The second-order valence-electron chi connectivity index (χ2n) is 19.4.